The highest BCUT2D eigenvalue weighted by Crippen LogP contribution is 2.32. The number of carbonyl (C=O) groups excluding carboxylic acids is 2. The smallest absolute Gasteiger partial charge is 0.324 e. The normalized spacial score (nSPS) is 11.4. The van der Waals surface area contributed by atoms with E-state index in [4.69, 9.17) is 9.47 Å². The summed E-state index contributed by atoms with van der Waals surface area (Å²) in [6, 6.07) is 9.38. The molecule has 0 fully saturated rings. The zero-order valence-electron chi connectivity index (χ0n) is 14.4. The summed E-state index contributed by atoms with van der Waals surface area (Å²) >= 11 is 0. The van der Waals surface area contributed by atoms with E-state index in [0.717, 1.165) is 5.56 Å². The Bertz CT molecular complexity index is 510. The number of rotatable bonds is 8. The van der Waals surface area contributed by atoms with Gasteiger partial charge in [0.15, 0.2) is 5.41 Å². The van der Waals surface area contributed by atoms with Gasteiger partial charge in [-0.15, -0.1) is 6.58 Å². The minimum atomic E-state index is -1.41. The molecule has 0 saturated carbocycles. The van der Waals surface area contributed by atoms with Crippen LogP contribution in [0, 0.1) is 5.41 Å². The molecule has 0 aliphatic heterocycles. The highest BCUT2D eigenvalue weighted by Gasteiger charge is 2.48. The Kier molecular flexibility index (Phi) is 7.01. The van der Waals surface area contributed by atoms with Crippen LogP contribution in [0.25, 0.3) is 0 Å². The summed E-state index contributed by atoms with van der Waals surface area (Å²) in [4.78, 5) is 25.4. The van der Waals surface area contributed by atoms with Crippen LogP contribution >= 0.6 is 0 Å². The molecular weight excluding hydrogens is 292 g/mol. The fourth-order valence-electron chi connectivity index (χ4n) is 2.31. The van der Waals surface area contributed by atoms with Gasteiger partial charge in [0.25, 0.3) is 0 Å². The summed E-state index contributed by atoms with van der Waals surface area (Å²) in [6.07, 6.45) is 1.32. The third kappa shape index (κ3) is 5.23. The van der Waals surface area contributed by atoms with Crippen molar-refractivity contribution >= 4 is 11.9 Å². The predicted octanol–water partition coefficient (Wildman–Crippen LogP) is 3.69. The lowest BCUT2D eigenvalue weighted by atomic mass is 9.78. The fourth-order valence-corrected chi connectivity index (χ4v) is 2.31. The molecule has 0 spiro atoms. The SMILES string of the molecule is C=CCC(Cc1ccccc1)(C(=O)OC(C)C)C(=O)OC(C)C. The van der Waals surface area contributed by atoms with Gasteiger partial charge in [-0.3, -0.25) is 9.59 Å². The lowest BCUT2D eigenvalue weighted by Crippen LogP contribution is -2.45. The monoisotopic (exact) mass is 318 g/mol. The van der Waals surface area contributed by atoms with Crippen molar-refractivity contribution in [2.24, 2.45) is 5.41 Å². The van der Waals surface area contributed by atoms with Gasteiger partial charge in [-0.1, -0.05) is 36.4 Å². The van der Waals surface area contributed by atoms with Gasteiger partial charge in [-0.25, -0.2) is 0 Å². The number of carbonyl (C=O) groups is 2. The Morgan fingerprint density at radius 3 is 1.91 bits per heavy atom. The average molecular weight is 318 g/mol. The van der Waals surface area contributed by atoms with E-state index < -0.39 is 17.4 Å². The molecule has 0 radical (unpaired) electrons. The number of hydrogen-bond acceptors (Lipinski definition) is 4. The molecule has 1 rings (SSSR count). The van der Waals surface area contributed by atoms with E-state index in [1.54, 1.807) is 33.8 Å². The van der Waals surface area contributed by atoms with Crippen molar-refractivity contribution in [1.29, 1.82) is 0 Å². The van der Waals surface area contributed by atoms with E-state index in [2.05, 4.69) is 6.58 Å². The lowest BCUT2D eigenvalue weighted by molar-refractivity contribution is -0.176. The molecule has 0 amide bonds. The Balaban J connectivity index is 3.25. The maximum absolute atomic E-state index is 12.7. The molecule has 126 valence electrons. The summed E-state index contributed by atoms with van der Waals surface area (Å²) in [5.74, 6) is -1.14. The molecule has 1 aromatic rings. The second-order valence-electron chi connectivity index (χ2n) is 6.15. The van der Waals surface area contributed by atoms with E-state index >= 15 is 0 Å². The minimum absolute atomic E-state index is 0.166. The zero-order chi connectivity index (χ0) is 17.5. The number of hydrogen-bond donors (Lipinski definition) is 0. The quantitative estimate of drug-likeness (QED) is 0.417. The first-order valence-electron chi connectivity index (χ1n) is 7.89. The second-order valence-corrected chi connectivity index (χ2v) is 6.15. The first kappa shape index (κ1) is 18.9. The minimum Gasteiger partial charge on any atom is -0.462 e. The van der Waals surface area contributed by atoms with Crippen molar-refractivity contribution in [2.45, 2.75) is 52.7 Å². The molecule has 0 atom stereocenters. The number of benzene rings is 1. The maximum Gasteiger partial charge on any atom is 0.324 e. The molecule has 23 heavy (non-hydrogen) atoms. The Labute approximate surface area is 138 Å². The number of ether oxygens (including phenoxy) is 2. The van der Waals surface area contributed by atoms with Gasteiger partial charge in [0.1, 0.15) is 0 Å². The fraction of sp³-hybridized carbons (Fsp3) is 0.474. The predicted molar refractivity (Wildman–Crippen MR) is 89.8 cm³/mol. The van der Waals surface area contributed by atoms with Crippen LogP contribution in [0.3, 0.4) is 0 Å². The molecule has 0 aliphatic rings. The highest BCUT2D eigenvalue weighted by atomic mass is 16.6. The third-order valence-electron chi connectivity index (χ3n) is 3.31. The first-order chi connectivity index (χ1) is 10.8. The summed E-state index contributed by atoms with van der Waals surface area (Å²) in [5, 5.41) is 0. The largest absolute Gasteiger partial charge is 0.462 e. The summed E-state index contributed by atoms with van der Waals surface area (Å²) < 4.78 is 10.7. The lowest BCUT2D eigenvalue weighted by Gasteiger charge is -2.30. The van der Waals surface area contributed by atoms with Crippen LogP contribution in [0.5, 0.6) is 0 Å². The van der Waals surface area contributed by atoms with Crippen LogP contribution in [0.15, 0.2) is 43.0 Å². The van der Waals surface area contributed by atoms with Crippen LogP contribution in [0.1, 0.15) is 39.7 Å². The summed E-state index contributed by atoms with van der Waals surface area (Å²) in [6.45, 7) is 10.7. The van der Waals surface area contributed by atoms with Crippen LogP contribution in [-0.4, -0.2) is 24.1 Å². The van der Waals surface area contributed by atoms with E-state index in [9.17, 15) is 9.59 Å². The van der Waals surface area contributed by atoms with E-state index in [1.807, 2.05) is 30.3 Å². The van der Waals surface area contributed by atoms with E-state index in [-0.39, 0.29) is 25.0 Å². The molecule has 4 nitrogen and oxygen atoms in total. The maximum atomic E-state index is 12.7. The second kappa shape index (κ2) is 8.51. The van der Waals surface area contributed by atoms with Crippen molar-refractivity contribution in [3.8, 4) is 0 Å². The summed E-state index contributed by atoms with van der Waals surface area (Å²) in [7, 11) is 0. The highest BCUT2D eigenvalue weighted by molar-refractivity contribution is 6.00. The van der Waals surface area contributed by atoms with Crippen molar-refractivity contribution < 1.29 is 19.1 Å². The Morgan fingerprint density at radius 2 is 1.52 bits per heavy atom. The van der Waals surface area contributed by atoms with Gasteiger partial charge in [0, 0.05) is 0 Å². The molecule has 0 bridgehead atoms. The molecule has 0 heterocycles. The molecular formula is C19H26O4. The summed E-state index contributed by atoms with van der Waals surface area (Å²) in [5.41, 5.74) is -0.534. The topological polar surface area (TPSA) is 52.6 Å². The van der Waals surface area contributed by atoms with Crippen LogP contribution in [0.2, 0.25) is 0 Å². The standard InChI is InChI=1S/C19H26O4/c1-6-12-19(17(20)22-14(2)3,18(21)23-15(4)5)13-16-10-8-7-9-11-16/h6-11,14-15H,1,12-13H2,2-5H3. The first-order valence-corrected chi connectivity index (χ1v) is 7.89. The Morgan fingerprint density at radius 1 is 1.04 bits per heavy atom. The molecule has 0 aliphatic carbocycles. The van der Waals surface area contributed by atoms with Crippen LogP contribution in [0.4, 0.5) is 0 Å². The van der Waals surface area contributed by atoms with Crippen LogP contribution in [-0.2, 0) is 25.5 Å². The van der Waals surface area contributed by atoms with Gasteiger partial charge in [-0.2, -0.15) is 0 Å². The molecule has 0 N–H and O–H groups in total. The third-order valence-corrected chi connectivity index (χ3v) is 3.31. The van der Waals surface area contributed by atoms with Gasteiger partial charge < -0.3 is 9.47 Å². The molecule has 0 aromatic heterocycles. The van der Waals surface area contributed by atoms with Gasteiger partial charge in [0.2, 0.25) is 0 Å². The molecule has 1 aromatic carbocycles. The van der Waals surface area contributed by atoms with Crippen LogP contribution < -0.4 is 0 Å². The Hall–Kier alpha value is -2.10. The van der Waals surface area contributed by atoms with Crippen molar-refractivity contribution in [1.82, 2.24) is 0 Å². The molecule has 0 saturated heterocycles. The molecule has 4 heteroatoms. The van der Waals surface area contributed by atoms with Gasteiger partial charge in [0.05, 0.1) is 12.2 Å². The van der Waals surface area contributed by atoms with Crippen molar-refractivity contribution in [2.75, 3.05) is 0 Å². The van der Waals surface area contributed by atoms with Gasteiger partial charge in [-0.05, 0) is 46.1 Å². The number of esters is 2. The van der Waals surface area contributed by atoms with Gasteiger partial charge >= 0.3 is 11.9 Å². The van der Waals surface area contributed by atoms with Crippen molar-refractivity contribution in [3.05, 3.63) is 48.6 Å². The zero-order valence-corrected chi connectivity index (χ0v) is 14.4. The molecule has 0 unspecified atom stereocenters. The average Bonchev–Trinajstić information content (AvgIpc) is 2.46. The van der Waals surface area contributed by atoms with E-state index in [0.29, 0.717) is 0 Å². The van der Waals surface area contributed by atoms with Crippen molar-refractivity contribution in [3.63, 3.8) is 0 Å². The van der Waals surface area contributed by atoms with E-state index in [1.165, 1.54) is 0 Å². The number of allylic oxidation sites excluding steroid dienone is 1.